The van der Waals surface area contributed by atoms with Gasteiger partial charge in [0, 0.05) is 12.1 Å². The van der Waals surface area contributed by atoms with Crippen molar-refractivity contribution >= 4 is 23.9 Å². The first-order valence-corrected chi connectivity index (χ1v) is 8.98. The molecule has 0 aromatic heterocycles. The van der Waals surface area contributed by atoms with E-state index in [1.165, 1.54) is 4.90 Å². The maximum Gasteiger partial charge on any atom is 0.411 e. The highest BCUT2D eigenvalue weighted by Gasteiger charge is 2.37. The van der Waals surface area contributed by atoms with Crippen LogP contribution in [0.15, 0.2) is 30.3 Å². The molecule has 0 unspecified atom stereocenters. The van der Waals surface area contributed by atoms with Gasteiger partial charge in [0.05, 0.1) is 0 Å². The van der Waals surface area contributed by atoms with Crippen molar-refractivity contribution in [2.75, 3.05) is 13.2 Å². The highest BCUT2D eigenvalue weighted by atomic mass is 16.6. The van der Waals surface area contributed by atoms with Crippen molar-refractivity contribution in [1.82, 2.24) is 15.8 Å². The molecule has 0 radical (unpaired) electrons. The molecule has 28 heavy (non-hydrogen) atoms. The molecule has 1 aliphatic heterocycles. The van der Waals surface area contributed by atoms with E-state index < -0.39 is 42.1 Å². The number of amides is 3. The summed E-state index contributed by atoms with van der Waals surface area (Å²) < 4.78 is 10.3. The van der Waals surface area contributed by atoms with E-state index in [-0.39, 0.29) is 0 Å². The van der Waals surface area contributed by atoms with Gasteiger partial charge in [-0.25, -0.2) is 9.59 Å². The number of esters is 1. The lowest BCUT2D eigenvalue weighted by atomic mass is 10.2. The number of nitrogens with zero attached hydrogens (tertiary/aromatic N) is 1. The number of hydrogen-bond donors (Lipinski definition) is 2. The summed E-state index contributed by atoms with van der Waals surface area (Å²) in [5.41, 5.74) is 4.10. The Balaban J connectivity index is 1.78. The second kappa shape index (κ2) is 9.20. The molecule has 3 amide bonds. The number of hydrazine groups is 1. The molecule has 1 atom stereocenters. The third-order valence-electron chi connectivity index (χ3n) is 3.85. The number of carbonyl (C=O) groups is 4. The van der Waals surface area contributed by atoms with Gasteiger partial charge < -0.3 is 9.47 Å². The minimum atomic E-state index is -0.790. The van der Waals surface area contributed by atoms with E-state index >= 15 is 0 Å². The highest BCUT2D eigenvalue weighted by Crippen LogP contribution is 2.21. The van der Waals surface area contributed by atoms with Crippen LogP contribution in [0.1, 0.15) is 44.0 Å². The van der Waals surface area contributed by atoms with Crippen LogP contribution in [0.2, 0.25) is 0 Å². The second-order valence-corrected chi connectivity index (χ2v) is 7.31. The molecular formula is C19H25N3O6. The van der Waals surface area contributed by atoms with E-state index in [9.17, 15) is 19.2 Å². The average Bonchev–Trinajstić information content (AvgIpc) is 3.13. The fraction of sp³-hybridized carbons (Fsp3) is 0.474. The standard InChI is InChI=1S/C19H25N3O6/c1-19(2,3)28-18(26)22-11-7-10-14(22)17(25)27-12-15(23)20-21-16(24)13-8-5-4-6-9-13/h4-6,8-9,14H,7,10-12H2,1-3H3,(H,20,23)(H,21,24)/t14-/m0/s1. The Morgan fingerprint density at radius 2 is 1.79 bits per heavy atom. The summed E-state index contributed by atoms with van der Waals surface area (Å²) in [6.07, 6.45) is 0.481. The molecule has 1 fully saturated rings. The Hall–Kier alpha value is -3.10. The van der Waals surface area contributed by atoms with Gasteiger partial charge in [0.25, 0.3) is 11.8 Å². The molecule has 2 N–H and O–H groups in total. The van der Waals surface area contributed by atoms with Gasteiger partial charge in [-0.2, -0.15) is 0 Å². The van der Waals surface area contributed by atoms with E-state index in [0.29, 0.717) is 24.9 Å². The van der Waals surface area contributed by atoms with Crippen LogP contribution in [-0.2, 0) is 19.1 Å². The normalized spacial score (nSPS) is 16.2. The Labute approximate surface area is 163 Å². The van der Waals surface area contributed by atoms with Gasteiger partial charge in [-0.1, -0.05) is 18.2 Å². The van der Waals surface area contributed by atoms with Crippen LogP contribution < -0.4 is 10.9 Å². The molecule has 2 rings (SSSR count). The van der Waals surface area contributed by atoms with E-state index in [0.717, 1.165) is 0 Å². The molecule has 0 saturated carbocycles. The summed E-state index contributed by atoms with van der Waals surface area (Å²) in [6.45, 7) is 5.02. The van der Waals surface area contributed by atoms with E-state index in [1.54, 1.807) is 51.1 Å². The lowest BCUT2D eigenvalue weighted by Gasteiger charge is -2.27. The summed E-state index contributed by atoms with van der Waals surface area (Å²) >= 11 is 0. The monoisotopic (exact) mass is 391 g/mol. The third-order valence-corrected chi connectivity index (χ3v) is 3.85. The first-order valence-electron chi connectivity index (χ1n) is 8.98. The van der Waals surface area contributed by atoms with Crippen LogP contribution in [0, 0.1) is 0 Å². The Bertz CT molecular complexity index is 729. The van der Waals surface area contributed by atoms with Crippen molar-refractivity contribution in [3.8, 4) is 0 Å². The van der Waals surface area contributed by atoms with Crippen molar-refractivity contribution in [3.63, 3.8) is 0 Å². The average molecular weight is 391 g/mol. The van der Waals surface area contributed by atoms with Crippen molar-refractivity contribution in [1.29, 1.82) is 0 Å². The predicted octanol–water partition coefficient (Wildman–Crippen LogP) is 1.39. The summed E-state index contributed by atoms with van der Waals surface area (Å²) in [6, 6.07) is 7.53. The minimum absolute atomic E-state index is 0.374. The summed E-state index contributed by atoms with van der Waals surface area (Å²) in [5, 5.41) is 0. The molecule has 0 spiro atoms. The Morgan fingerprint density at radius 1 is 1.11 bits per heavy atom. The Kier molecular flexibility index (Phi) is 6.97. The zero-order valence-electron chi connectivity index (χ0n) is 16.2. The number of hydrogen-bond acceptors (Lipinski definition) is 6. The fourth-order valence-electron chi connectivity index (χ4n) is 2.61. The molecule has 0 aliphatic carbocycles. The fourth-order valence-corrected chi connectivity index (χ4v) is 2.61. The van der Waals surface area contributed by atoms with E-state index in [4.69, 9.17) is 9.47 Å². The molecule has 1 aliphatic rings. The van der Waals surface area contributed by atoms with Crippen molar-refractivity contribution in [2.45, 2.75) is 45.3 Å². The van der Waals surface area contributed by atoms with Gasteiger partial charge >= 0.3 is 12.1 Å². The molecule has 9 heteroatoms. The highest BCUT2D eigenvalue weighted by molar-refractivity contribution is 5.95. The molecule has 1 heterocycles. The maximum absolute atomic E-state index is 12.3. The number of rotatable bonds is 4. The first kappa shape index (κ1) is 21.2. The molecule has 152 valence electrons. The zero-order valence-corrected chi connectivity index (χ0v) is 16.2. The lowest BCUT2D eigenvalue weighted by Crippen LogP contribution is -2.46. The molecule has 0 bridgehead atoms. The van der Waals surface area contributed by atoms with Gasteiger partial charge in [0.1, 0.15) is 11.6 Å². The minimum Gasteiger partial charge on any atom is -0.454 e. The Morgan fingerprint density at radius 3 is 2.43 bits per heavy atom. The topological polar surface area (TPSA) is 114 Å². The van der Waals surface area contributed by atoms with E-state index in [2.05, 4.69) is 10.9 Å². The van der Waals surface area contributed by atoms with Crippen LogP contribution >= 0.6 is 0 Å². The number of ether oxygens (including phenoxy) is 2. The lowest BCUT2D eigenvalue weighted by molar-refractivity contribution is -0.152. The van der Waals surface area contributed by atoms with Gasteiger partial charge in [-0.3, -0.25) is 25.3 Å². The van der Waals surface area contributed by atoms with Crippen LogP contribution in [0.25, 0.3) is 0 Å². The number of carbonyl (C=O) groups excluding carboxylic acids is 4. The maximum atomic E-state index is 12.3. The first-order chi connectivity index (χ1) is 13.2. The SMILES string of the molecule is CC(C)(C)OC(=O)N1CCC[C@H]1C(=O)OCC(=O)NNC(=O)c1ccccc1. The number of benzene rings is 1. The zero-order chi connectivity index (χ0) is 20.7. The van der Waals surface area contributed by atoms with Crippen LogP contribution in [0.5, 0.6) is 0 Å². The van der Waals surface area contributed by atoms with Crippen LogP contribution in [-0.4, -0.2) is 53.6 Å². The summed E-state index contributed by atoms with van der Waals surface area (Å²) in [7, 11) is 0. The van der Waals surface area contributed by atoms with E-state index in [1.807, 2.05) is 0 Å². The van der Waals surface area contributed by atoms with Crippen LogP contribution in [0.3, 0.4) is 0 Å². The van der Waals surface area contributed by atoms with Gasteiger partial charge in [-0.05, 0) is 45.7 Å². The number of nitrogens with one attached hydrogen (secondary N) is 2. The van der Waals surface area contributed by atoms with Crippen molar-refractivity contribution in [2.24, 2.45) is 0 Å². The molecular weight excluding hydrogens is 366 g/mol. The summed E-state index contributed by atoms with van der Waals surface area (Å²) in [5.74, 6) is -1.88. The molecule has 1 saturated heterocycles. The number of likely N-dealkylation sites (tertiary alicyclic amines) is 1. The smallest absolute Gasteiger partial charge is 0.411 e. The molecule has 1 aromatic rings. The largest absolute Gasteiger partial charge is 0.454 e. The van der Waals surface area contributed by atoms with Gasteiger partial charge in [0.15, 0.2) is 6.61 Å². The van der Waals surface area contributed by atoms with Crippen molar-refractivity contribution in [3.05, 3.63) is 35.9 Å². The third kappa shape index (κ3) is 6.26. The molecule has 1 aromatic carbocycles. The van der Waals surface area contributed by atoms with Crippen LogP contribution in [0.4, 0.5) is 4.79 Å². The quantitative estimate of drug-likeness (QED) is 0.592. The predicted molar refractivity (Wildman–Crippen MR) is 99.0 cm³/mol. The van der Waals surface area contributed by atoms with Gasteiger partial charge in [-0.15, -0.1) is 0 Å². The molecule has 9 nitrogen and oxygen atoms in total. The van der Waals surface area contributed by atoms with Gasteiger partial charge in [0.2, 0.25) is 0 Å². The van der Waals surface area contributed by atoms with Crippen molar-refractivity contribution < 1.29 is 28.7 Å². The summed E-state index contributed by atoms with van der Waals surface area (Å²) in [4.78, 5) is 49.4. The second-order valence-electron chi connectivity index (χ2n) is 7.31.